The number of aromatic nitrogens is 2. The zero-order valence-electron chi connectivity index (χ0n) is 15.0. The Labute approximate surface area is 149 Å². The smallest absolute Gasteiger partial charge is 0.316 e. The van der Waals surface area contributed by atoms with Crippen molar-refractivity contribution in [2.75, 3.05) is 6.61 Å². The second-order valence-electron chi connectivity index (χ2n) is 7.44. The molecule has 0 spiro atoms. The van der Waals surface area contributed by atoms with Crippen LogP contribution in [0.1, 0.15) is 50.0 Å². The van der Waals surface area contributed by atoms with Crippen molar-refractivity contribution in [3.63, 3.8) is 0 Å². The highest BCUT2D eigenvalue weighted by molar-refractivity contribution is 5.78. The molecule has 0 aliphatic heterocycles. The predicted molar refractivity (Wildman–Crippen MR) is 97.1 cm³/mol. The van der Waals surface area contributed by atoms with Crippen molar-refractivity contribution in [3.05, 3.63) is 41.9 Å². The average Bonchev–Trinajstić information content (AvgIpc) is 3.53. The molecule has 2 fully saturated rings. The first-order chi connectivity index (χ1) is 12.2. The highest BCUT2D eigenvalue weighted by atomic mass is 16.5. The molecule has 0 radical (unpaired) electrons. The normalized spacial score (nSPS) is 18.4. The molecule has 1 N–H and O–H groups in total. The third-order valence-corrected chi connectivity index (χ3v) is 5.50. The fraction of sp³-hybridized carbons (Fsp3) is 0.524. The molecular weight excluding hydrogens is 312 g/mol. The Balaban J connectivity index is 1.71. The lowest BCUT2D eigenvalue weighted by molar-refractivity contribution is -0.147. The van der Waals surface area contributed by atoms with Crippen LogP contribution in [0, 0.1) is 24.7 Å². The first-order valence-electron chi connectivity index (χ1n) is 9.47. The summed E-state index contributed by atoms with van der Waals surface area (Å²) < 4.78 is 5.45. The van der Waals surface area contributed by atoms with Crippen LogP contribution >= 0.6 is 0 Å². The van der Waals surface area contributed by atoms with Crippen molar-refractivity contribution in [2.45, 2.75) is 45.4 Å². The van der Waals surface area contributed by atoms with Crippen molar-refractivity contribution in [2.24, 2.45) is 17.8 Å². The van der Waals surface area contributed by atoms with Gasteiger partial charge in [-0.2, -0.15) is 0 Å². The van der Waals surface area contributed by atoms with Gasteiger partial charge in [0.1, 0.15) is 11.7 Å². The maximum absolute atomic E-state index is 12.8. The molecule has 2 saturated carbocycles. The third-order valence-electron chi connectivity index (χ3n) is 5.50. The summed E-state index contributed by atoms with van der Waals surface area (Å²) >= 11 is 0. The van der Waals surface area contributed by atoms with Gasteiger partial charge in [-0.1, -0.05) is 30.3 Å². The molecule has 1 aromatic carbocycles. The number of ether oxygens (including phenoxy) is 1. The minimum atomic E-state index is -0.254. The van der Waals surface area contributed by atoms with Gasteiger partial charge in [-0.15, -0.1) is 0 Å². The fourth-order valence-electron chi connectivity index (χ4n) is 4.08. The average molecular weight is 338 g/mol. The number of esters is 1. The number of H-pyrrole nitrogens is 1. The number of rotatable bonds is 7. The Morgan fingerprint density at radius 1 is 1.20 bits per heavy atom. The third kappa shape index (κ3) is 3.35. The molecule has 2 aromatic rings. The number of nitrogens with zero attached hydrogens (tertiary/aromatic N) is 1. The molecule has 0 bridgehead atoms. The molecule has 2 aliphatic rings. The lowest BCUT2D eigenvalue weighted by Crippen LogP contribution is -2.28. The van der Waals surface area contributed by atoms with Gasteiger partial charge >= 0.3 is 5.97 Å². The molecule has 2 aliphatic carbocycles. The Kier molecular flexibility index (Phi) is 4.36. The molecule has 132 valence electrons. The summed E-state index contributed by atoms with van der Waals surface area (Å²) in [7, 11) is 0. The number of aryl methyl sites for hydroxylation is 1. The topological polar surface area (TPSA) is 55.0 Å². The molecule has 4 heteroatoms. The van der Waals surface area contributed by atoms with E-state index in [9.17, 15) is 4.79 Å². The van der Waals surface area contributed by atoms with E-state index in [0.717, 1.165) is 22.8 Å². The summed E-state index contributed by atoms with van der Waals surface area (Å²) in [5.41, 5.74) is 3.04. The monoisotopic (exact) mass is 338 g/mol. The second kappa shape index (κ2) is 6.66. The standard InChI is InChI=1S/C21H26N2O2/c1-3-25-21(24)18(17(14-9-10-14)15-11-12-15)20-22-13(2)19(23-20)16-7-5-4-6-8-16/h4-8,14-15,17-18H,3,9-12H2,1-2H3,(H,22,23). The van der Waals surface area contributed by atoms with Gasteiger partial charge in [0.15, 0.2) is 0 Å². The van der Waals surface area contributed by atoms with Gasteiger partial charge in [-0.25, -0.2) is 4.98 Å². The molecule has 0 saturated heterocycles. The van der Waals surface area contributed by atoms with Gasteiger partial charge in [-0.3, -0.25) is 4.79 Å². The van der Waals surface area contributed by atoms with Gasteiger partial charge in [0.2, 0.25) is 0 Å². The Bertz CT molecular complexity index is 733. The van der Waals surface area contributed by atoms with Crippen LogP contribution < -0.4 is 0 Å². The summed E-state index contributed by atoms with van der Waals surface area (Å²) in [5, 5.41) is 0. The van der Waals surface area contributed by atoms with E-state index in [2.05, 4.69) is 17.1 Å². The quantitative estimate of drug-likeness (QED) is 0.758. The summed E-state index contributed by atoms with van der Waals surface area (Å²) in [6.45, 7) is 4.33. The van der Waals surface area contributed by atoms with E-state index in [1.165, 1.54) is 25.7 Å². The van der Waals surface area contributed by atoms with Crippen molar-refractivity contribution in [1.29, 1.82) is 0 Å². The molecule has 0 amide bonds. The minimum Gasteiger partial charge on any atom is -0.465 e. The first-order valence-corrected chi connectivity index (χ1v) is 9.47. The van der Waals surface area contributed by atoms with Gasteiger partial charge in [-0.05, 0) is 57.3 Å². The molecule has 1 atom stereocenters. The van der Waals surface area contributed by atoms with Crippen LogP contribution in [-0.4, -0.2) is 22.5 Å². The number of aromatic amines is 1. The zero-order chi connectivity index (χ0) is 17.4. The van der Waals surface area contributed by atoms with Gasteiger partial charge in [0, 0.05) is 11.3 Å². The lowest BCUT2D eigenvalue weighted by atomic mass is 9.83. The zero-order valence-corrected chi connectivity index (χ0v) is 15.0. The fourth-order valence-corrected chi connectivity index (χ4v) is 4.08. The van der Waals surface area contributed by atoms with Crippen LogP contribution in [0.25, 0.3) is 11.3 Å². The van der Waals surface area contributed by atoms with Crippen LogP contribution in [0.4, 0.5) is 0 Å². The number of carbonyl (C=O) groups excluding carboxylic acids is 1. The lowest BCUT2D eigenvalue weighted by Gasteiger charge is -2.24. The van der Waals surface area contributed by atoms with E-state index < -0.39 is 0 Å². The van der Waals surface area contributed by atoms with E-state index in [-0.39, 0.29) is 11.9 Å². The van der Waals surface area contributed by atoms with E-state index in [1.54, 1.807) is 0 Å². The Morgan fingerprint density at radius 3 is 2.40 bits per heavy atom. The minimum absolute atomic E-state index is 0.111. The Morgan fingerprint density at radius 2 is 1.84 bits per heavy atom. The summed E-state index contributed by atoms with van der Waals surface area (Å²) in [6.07, 6.45) is 4.95. The van der Waals surface area contributed by atoms with E-state index >= 15 is 0 Å². The van der Waals surface area contributed by atoms with Crippen LogP contribution in [0.15, 0.2) is 30.3 Å². The second-order valence-corrected chi connectivity index (χ2v) is 7.44. The number of hydrogen-bond donors (Lipinski definition) is 1. The Hall–Kier alpha value is -2.10. The van der Waals surface area contributed by atoms with Crippen LogP contribution in [0.3, 0.4) is 0 Å². The van der Waals surface area contributed by atoms with Crippen LogP contribution in [0.2, 0.25) is 0 Å². The molecule has 1 unspecified atom stereocenters. The van der Waals surface area contributed by atoms with Gasteiger partial charge < -0.3 is 9.72 Å². The summed E-state index contributed by atoms with van der Waals surface area (Å²) in [5.74, 6) is 2.13. The predicted octanol–water partition coefficient (Wildman–Crippen LogP) is 4.47. The maximum atomic E-state index is 12.8. The van der Waals surface area contributed by atoms with E-state index in [0.29, 0.717) is 24.4 Å². The van der Waals surface area contributed by atoms with Gasteiger partial charge in [0.05, 0.1) is 12.3 Å². The van der Waals surface area contributed by atoms with E-state index in [1.807, 2.05) is 32.0 Å². The molecule has 4 nitrogen and oxygen atoms in total. The molecule has 1 aromatic heterocycles. The van der Waals surface area contributed by atoms with Crippen molar-refractivity contribution in [3.8, 4) is 11.3 Å². The summed E-state index contributed by atoms with van der Waals surface area (Å²) in [4.78, 5) is 21.1. The van der Waals surface area contributed by atoms with Crippen molar-refractivity contribution >= 4 is 5.97 Å². The SMILES string of the molecule is CCOC(=O)C(c1nc(-c2ccccc2)c(C)[nH]1)C(C1CC1)C1CC1. The molecule has 1 heterocycles. The first kappa shape index (κ1) is 16.4. The van der Waals surface area contributed by atoms with E-state index in [4.69, 9.17) is 9.72 Å². The highest BCUT2D eigenvalue weighted by Gasteiger charge is 2.49. The molecule has 25 heavy (non-hydrogen) atoms. The van der Waals surface area contributed by atoms with Crippen molar-refractivity contribution < 1.29 is 9.53 Å². The maximum Gasteiger partial charge on any atom is 0.316 e. The van der Waals surface area contributed by atoms with Crippen LogP contribution in [-0.2, 0) is 9.53 Å². The number of imidazole rings is 1. The van der Waals surface area contributed by atoms with Gasteiger partial charge in [0.25, 0.3) is 0 Å². The summed E-state index contributed by atoms with van der Waals surface area (Å²) in [6, 6.07) is 10.2. The molecule has 4 rings (SSSR count). The number of nitrogens with one attached hydrogen (secondary N) is 1. The largest absolute Gasteiger partial charge is 0.465 e. The number of hydrogen-bond acceptors (Lipinski definition) is 3. The van der Waals surface area contributed by atoms with Crippen molar-refractivity contribution in [1.82, 2.24) is 9.97 Å². The number of benzene rings is 1. The molecular formula is C21H26N2O2. The highest BCUT2D eigenvalue weighted by Crippen LogP contribution is 2.54. The van der Waals surface area contributed by atoms with Crippen LogP contribution in [0.5, 0.6) is 0 Å². The number of carbonyl (C=O) groups is 1.